The zero-order valence-electron chi connectivity index (χ0n) is 30.1. The Labute approximate surface area is 291 Å². The molecule has 11 heteroatoms. The number of carbonyl (C=O) groups is 2. The molecule has 0 heterocycles. The molecule has 48 heavy (non-hydrogen) atoms. The van der Waals surface area contributed by atoms with Crippen LogP contribution in [0.25, 0.3) is 0 Å². The number of phosphoric acid groups is 1. The van der Waals surface area contributed by atoms with Crippen LogP contribution < -0.4 is 5.73 Å². The van der Waals surface area contributed by atoms with Crippen molar-refractivity contribution in [3.8, 4) is 0 Å². The van der Waals surface area contributed by atoms with Crippen molar-refractivity contribution in [2.75, 3.05) is 26.4 Å². The van der Waals surface area contributed by atoms with E-state index in [0.717, 1.165) is 70.6 Å². The molecule has 3 unspecified atom stereocenters. The van der Waals surface area contributed by atoms with Crippen LogP contribution in [0, 0.1) is 0 Å². The lowest BCUT2D eigenvalue weighted by molar-refractivity contribution is -0.154. The molecule has 280 valence electrons. The summed E-state index contributed by atoms with van der Waals surface area (Å²) in [4.78, 5) is 33.3. The third-order valence-corrected chi connectivity index (χ3v) is 8.59. The number of esters is 1. The number of allylic oxidation sites excluding steroid dienone is 6. The Hall–Kier alpha value is -1.81. The first-order chi connectivity index (χ1) is 23.2. The molecule has 0 amide bonds. The highest BCUT2D eigenvalue weighted by molar-refractivity contribution is 7.47. The molecule has 0 aliphatic rings. The number of unbranched alkanes of at least 4 members (excludes halogenated alkanes) is 15. The van der Waals surface area contributed by atoms with Crippen molar-refractivity contribution in [1.82, 2.24) is 0 Å². The fraction of sp³-hybridized carbons (Fsp3) is 0.784. The summed E-state index contributed by atoms with van der Waals surface area (Å²) in [6.45, 7) is 3.74. The van der Waals surface area contributed by atoms with Gasteiger partial charge in [0, 0.05) is 13.0 Å². The zero-order valence-corrected chi connectivity index (χ0v) is 31.0. The third kappa shape index (κ3) is 32.7. The Balaban J connectivity index is 4.34. The molecule has 0 bridgehead atoms. The molecule has 0 rings (SSSR count). The van der Waals surface area contributed by atoms with Crippen LogP contribution >= 0.6 is 7.82 Å². The molecule has 0 radical (unpaired) electrons. The van der Waals surface area contributed by atoms with Crippen LogP contribution in [0.4, 0.5) is 0 Å². The molecular weight excluding hydrogens is 633 g/mol. The Morgan fingerprint density at radius 1 is 0.667 bits per heavy atom. The highest BCUT2D eigenvalue weighted by Crippen LogP contribution is 2.43. The van der Waals surface area contributed by atoms with Gasteiger partial charge in [-0.25, -0.2) is 4.57 Å². The van der Waals surface area contributed by atoms with Gasteiger partial charge in [-0.1, -0.05) is 121 Å². The predicted molar refractivity (Wildman–Crippen MR) is 194 cm³/mol. The van der Waals surface area contributed by atoms with E-state index < -0.39 is 45.1 Å². The van der Waals surface area contributed by atoms with Crippen molar-refractivity contribution in [3.63, 3.8) is 0 Å². The molecule has 0 saturated heterocycles. The molecule has 0 aromatic heterocycles. The van der Waals surface area contributed by atoms with Crippen molar-refractivity contribution in [2.45, 2.75) is 161 Å². The molecule has 3 atom stereocenters. The van der Waals surface area contributed by atoms with Crippen LogP contribution in [-0.4, -0.2) is 60.5 Å². The SMILES string of the molecule is CCCC/C=C\C/C=C\CCCCCCCCOCC(COP(=O)(O)OCC(N)C(=O)O)OC(=O)CCCCCCC/C=C\CCCC. The molecule has 10 nitrogen and oxygen atoms in total. The minimum Gasteiger partial charge on any atom is -0.480 e. The number of carboxylic acids is 1. The lowest BCUT2D eigenvalue weighted by atomic mass is 10.1. The number of phosphoric ester groups is 1. The summed E-state index contributed by atoms with van der Waals surface area (Å²) in [6.07, 6.45) is 34.8. The maximum atomic E-state index is 12.5. The average Bonchev–Trinajstić information content (AvgIpc) is 3.06. The highest BCUT2D eigenvalue weighted by atomic mass is 31.2. The number of carbonyl (C=O) groups excluding carboxylic acids is 1. The van der Waals surface area contributed by atoms with Gasteiger partial charge in [0.15, 0.2) is 0 Å². The Morgan fingerprint density at radius 3 is 1.71 bits per heavy atom. The van der Waals surface area contributed by atoms with Gasteiger partial charge in [-0.3, -0.25) is 18.6 Å². The molecule has 0 aromatic carbocycles. The molecule has 0 fully saturated rings. The van der Waals surface area contributed by atoms with E-state index in [0.29, 0.717) is 13.0 Å². The van der Waals surface area contributed by atoms with E-state index in [-0.39, 0.29) is 13.0 Å². The Kier molecular flexibility index (Phi) is 32.4. The van der Waals surface area contributed by atoms with Crippen molar-refractivity contribution in [1.29, 1.82) is 0 Å². The first-order valence-electron chi connectivity index (χ1n) is 18.5. The summed E-state index contributed by atoms with van der Waals surface area (Å²) in [5, 5.41) is 8.85. The van der Waals surface area contributed by atoms with Gasteiger partial charge in [0.05, 0.1) is 19.8 Å². The monoisotopic (exact) mass is 701 g/mol. The van der Waals surface area contributed by atoms with Gasteiger partial charge in [-0.15, -0.1) is 0 Å². The molecule has 0 saturated carbocycles. The fourth-order valence-corrected chi connectivity index (χ4v) is 5.44. The van der Waals surface area contributed by atoms with Crippen LogP contribution in [0.2, 0.25) is 0 Å². The fourth-order valence-electron chi connectivity index (χ4n) is 4.66. The maximum absolute atomic E-state index is 12.5. The third-order valence-electron chi connectivity index (χ3n) is 7.64. The summed E-state index contributed by atoms with van der Waals surface area (Å²) in [7, 11) is -4.61. The summed E-state index contributed by atoms with van der Waals surface area (Å²) in [6, 6.07) is -1.47. The number of carboxylic acid groups (broad SMARTS) is 1. The second-order valence-corrected chi connectivity index (χ2v) is 13.8. The lowest BCUT2D eigenvalue weighted by Gasteiger charge is -2.20. The van der Waals surface area contributed by atoms with Gasteiger partial charge in [0.2, 0.25) is 0 Å². The summed E-state index contributed by atoms with van der Waals surface area (Å²) < 4.78 is 33.1. The largest absolute Gasteiger partial charge is 0.480 e. The molecule has 4 N–H and O–H groups in total. The van der Waals surface area contributed by atoms with E-state index in [1.807, 2.05) is 0 Å². The topological polar surface area (TPSA) is 155 Å². The second-order valence-electron chi connectivity index (χ2n) is 12.3. The zero-order chi connectivity index (χ0) is 35.6. The van der Waals surface area contributed by atoms with Crippen molar-refractivity contribution in [2.24, 2.45) is 5.73 Å². The van der Waals surface area contributed by atoms with Crippen molar-refractivity contribution >= 4 is 19.8 Å². The van der Waals surface area contributed by atoms with E-state index in [1.165, 1.54) is 51.4 Å². The van der Waals surface area contributed by atoms with E-state index in [9.17, 15) is 19.0 Å². The van der Waals surface area contributed by atoms with Crippen LogP contribution in [0.5, 0.6) is 0 Å². The van der Waals surface area contributed by atoms with Gasteiger partial charge < -0.3 is 25.2 Å². The standard InChI is InChI=1S/C37H68NO9P/c1-3-5-7-9-11-13-15-16-17-18-20-22-24-26-28-30-44-31-34(32-45-48(42,43)46-33-35(38)37(40)41)47-36(39)29-27-25-23-21-19-14-12-10-8-6-4-2/h9-12,15-16,34-35H,3-8,13-14,17-33,38H2,1-2H3,(H,40,41)(H,42,43)/b11-9-,12-10-,16-15-. The molecule has 0 aromatic rings. The maximum Gasteiger partial charge on any atom is 0.472 e. The van der Waals surface area contributed by atoms with Gasteiger partial charge in [0.1, 0.15) is 12.1 Å². The van der Waals surface area contributed by atoms with E-state index >= 15 is 0 Å². The van der Waals surface area contributed by atoms with Crippen LogP contribution in [0.3, 0.4) is 0 Å². The number of hydrogen-bond acceptors (Lipinski definition) is 8. The molecular formula is C37H68NO9P. The first kappa shape index (κ1) is 46.2. The van der Waals surface area contributed by atoms with Crippen molar-refractivity contribution in [3.05, 3.63) is 36.5 Å². The molecule has 0 spiro atoms. The van der Waals surface area contributed by atoms with Crippen LogP contribution in [0.1, 0.15) is 149 Å². The minimum absolute atomic E-state index is 0.00623. The van der Waals surface area contributed by atoms with E-state index in [4.69, 9.17) is 24.8 Å². The highest BCUT2D eigenvalue weighted by Gasteiger charge is 2.27. The average molecular weight is 702 g/mol. The minimum atomic E-state index is -4.61. The molecule has 0 aliphatic carbocycles. The summed E-state index contributed by atoms with van der Waals surface area (Å²) >= 11 is 0. The van der Waals surface area contributed by atoms with E-state index in [2.05, 4.69) is 54.8 Å². The number of hydrogen-bond donors (Lipinski definition) is 3. The lowest BCUT2D eigenvalue weighted by Crippen LogP contribution is -2.34. The number of aliphatic carboxylic acids is 1. The quantitative estimate of drug-likeness (QED) is 0.0252. The Bertz CT molecular complexity index is 909. The van der Waals surface area contributed by atoms with Crippen LogP contribution in [-0.2, 0) is 32.7 Å². The summed E-state index contributed by atoms with van der Waals surface area (Å²) in [5.41, 5.74) is 5.33. The number of rotatable bonds is 35. The normalized spacial score (nSPS) is 14.6. The Morgan fingerprint density at radius 2 is 1.15 bits per heavy atom. The van der Waals surface area contributed by atoms with Crippen LogP contribution in [0.15, 0.2) is 36.5 Å². The van der Waals surface area contributed by atoms with Gasteiger partial charge in [-0.2, -0.15) is 0 Å². The van der Waals surface area contributed by atoms with Gasteiger partial charge >= 0.3 is 19.8 Å². The smallest absolute Gasteiger partial charge is 0.472 e. The molecule has 0 aliphatic heterocycles. The second kappa shape index (κ2) is 33.7. The first-order valence-corrected chi connectivity index (χ1v) is 20.0. The number of nitrogens with two attached hydrogens (primary N) is 1. The predicted octanol–water partition coefficient (Wildman–Crippen LogP) is 9.36. The van der Waals surface area contributed by atoms with Gasteiger partial charge in [0.25, 0.3) is 0 Å². The van der Waals surface area contributed by atoms with E-state index in [1.54, 1.807) is 0 Å². The van der Waals surface area contributed by atoms with Crippen molar-refractivity contribution < 1.29 is 42.7 Å². The van der Waals surface area contributed by atoms with Gasteiger partial charge in [-0.05, 0) is 57.8 Å². The number of ether oxygens (including phenoxy) is 2. The summed E-state index contributed by atoms with van der Waals surface area (Å²) in [5.74, 6) is -1.80.